The number of rotatable bonds is 9. The molecule has 0 aliphatic rings. The van der Waals surface area contributed by atoms with Gasteiger partial charge in [-0.2, -0.15) is 0 Å². The number of aromatic nitrogens is 5. The van der Waals surface area contributed by atoms with Gasteiger partial charge in [0, 0.05) is 6.54 Å². The number of thioether (sulfide) groups is 1. The van der Waals surface area contributed by atoms with Crippen LogP contribution in [0.3, 0.4) is 0 Å². The second-order valence-electron chi connectivity index (χ2n) is 6.40. The Balaban J connectivity index is 1.70. The molecule has 0 bridgehead atoms. The lowest BCUT2D eigenvalue weighted by atomic mass is 10.1. The molecule has 3 aromatic rings. The Hall–Kier alpha value is -2.72. The molecular weight excluding hydrogens is 408 g/mol. The Morgan fingerprint density at radius 2 is 2.07 bits per heavy atom. The maximum Gasteiger partial charge on any atom is 0.236 e. The number of hydrogen-bond acceptors (Lipinski definition) is 8. The van der Waals surface area contributed by atoms with Crippen LogP contribution in [0.15, 0.2) is 41.5 Å². The number of aryl methyl sites for hydroxylation is 2. The standard InChI is InChI=1S/C19H22N6O2S2/c1-5-6-25-17(14(4)27-15-8-12(2)7-13(3)9-15)22-24-19(25)28-10-16(26)21-18-23-20-11-29-18/h5,7-9,11,14H,1,6,10H2,2-4H3,(H,21,23,26). The molecule has 2 heterocycles. The number of nitrogens with zero attached hydrogens (tertiary/aromatic N) is 5. The molecule has 1 aromatic carbocycles. The highest BCUT2D eigenvalue weighted by Crippen LogP contribution is 2.26. The topological polar surface area (TPSA) is 94.8 Å². The van der Waals surface area contributed by atoms with Gasteiger partial charge in [-0.15, -0.1) is 27.0 Å². The Kier molecular flexibility index (Phi) is 6.99. The summed E-state index contributed by atoms with van der Waals surface area (Å²) >= 11 is 2.57. The highest BCUT2D eigenvalue weighted by Gasteiger charge is 2.20. The zero-order valence-corrected chi connectivity index (χ0v) is 18.1. The van der Waals surface area contributed by atoms with E-state index in [4.69, 9.17) is 4.74 Å². The number of allylic oxidation sites excluding steroid dienone is 1. The molecule has 8 nitrogen and oxygen atoms in total. The minimum Gasteiger partial charge on any atom is -0.483 e. The number of ether oxygens (including phenoxy) is 1. The van der Waals surface area contributed by atoms with E-state index in [0.29, 0.717) is 22.7 Å². The van der Waals surface area contributed by atoms with Crippen LogP contribution in [0.4, 0.5) is 5.13 Å². The normalized spacial score (nSPS) is 11.8. The van der Waals surface area contributed by atoms with E-state index in [-0.39, 0.29) is 17.8 Å². The number of carbonyl (C=O) groups is 1. The Morgan fingerprint density at radius 1 is 1.31 bits per heavy atom. The van der Waals surface area contributed by atoms with Crippen molar-refractivity contribution in [3.05, 3.63) is 53.3 Å². The van der Waals surface area contributed by atoms with Gasteiger partial charge >= 0.3 is 0 Å². The Bertz CT molecular complexity index is 967. The van der Waals surface area contributed by atoms with Gasteiger partial charge in [0.2, 0.25) is 11.0 Å². The minimum atomic E-state index is -0.312. The molecule has 0 aliphatic heterocycles. The van der Waals surface area contributed by atoms with Gasteiger partial charge in [-0.3, -0.25) is 14.7 Å². The van der Waals surface area contributed by atoms with Crippen LogP contribution in [0.5, 0.6) is 5.75 Å². The summed E-state index contributed by atoms with van der Waals surface area (Å²) in [6, 6.07) is 6.08. The first kappa shape index (κ1) is 21.0. The third kappa shape index (κ3) is 5.64. The molecule has 10 heteroatoms. The predicted octanol–water partition coefficient (Wildman–Crippen LogP) is 3.80. The molecule has 1 unspecified atom stereocenters. The van der Waals surface area contributed by atoms with E-state index in [9.17, 15) is 4.79 Å². The smallest absolute Gasteiger partial charge is 0.236 e. The molecular formula is C19H22N6O2S2. The van der Waals surface area contributed by atoms with E-state index in [0.717, 1.165) is 16.9 Å². The molecule has 1 atom stereocenters. The fourth-order valence-electron chi connectivity index (χ4n) is 2.78. The monoisotopic (exact) mass is 430 g/mol. The van der Waals surface area contributed by atoms with Gasteiger partial charge < -0.3 is 4.74 Å². The first-order chi connectivity index (χ1) is 14.0. The lowest BCUT2D eigenvalue weighted by Crippen LogP contribution is -2.15. The van der Waals surface area contributed by atoms with Crippen LogP contribution in [0, 0.1) is 13.8 Å². The molecule has 152 valence electrons. The lowest BCUT2D eigenvalue weighted by Gasteiger charge is -2.16. The summed E-state index contributed by atoms with van der Waals surface area (Å²) < 4.78 is 8.00. The van der Waals surface area contributed by atoms with Crippen molar-refractivity contribution in [3.63, 3.8) is 0 Å². The van der Waals surface area contributed by atoms with Crippen LogP contribution < -0.4 is 10.1 Å². The molecule has 2 aromatic heterocycles. The van der Waals surface area contributed by atoms with Gasteiger partial charge in [0.05, 0.1) is 5.75 Å². The number of nitrogens with one attached hydrogen (secondary N) is 1. The van der Waals surface area contributed by atoms with E-state index in [1.807, 2.05) is 37.5 Å². The first-order valence-electron chi connectivity index (χ1n) is 8.94. The predicted molar refractivity (Wildman–Crippen MR) is 114 cm³/mol. The zero-order chi connectivity index (χ0) is 20.8. The van der Waals surface area contributed by atoms with Crippen molar-refractivity contribution < 1.29 is 9.53 Å². The van der Waals surface area contributed by atoms with Crippen LogP contribution in [-0.2, 0) is 11.3 Å². The molecule has 0 radical (unpaired) electrons. The highest BCUT2D eigenvalue weighted by atomic mass is 32.2. The van der Waals surface area contributed by atoms with Crippen molar-refractivity contribution in [1.29, 1.82) is 0 Å². The molecule has 1 amide bonds. The quantitative estimate of drug-likeness (QED) is 0.407. The maximum absolute atomic E-state index is 12.1. The molecule has 0 spiro atoms. The average molecular weight is 431 g/mol. The molecule has 0 saturated heterocycles. The fraction of sp³-hybridized carbons (Fsp3) is 0.316. The van der Waals surface area contributed by atoms with E-state index >= 15 is 0 Å². The molecule has 0 aliphatic carbocycles. The lowest BCUT2D eigenvalue weighted by molar-refractivity contribution is -0.113. The summed E-state index contributed by atoms with van der Waals surface area (Å²) in [6.07, 6.45) is 1.45. The van der Waals surface area contributed by atoms with Gasteiger partial charge in [0.25, 0.3) is 0 Å². The summed E-state index contributed by atoms with van der Waals surface area (Å²) in [5.41, 5.74) is 3.84. The average Bonchev–Trinajstić information content (AvgIpc) is 3.29. The maximum atomic E-state index is 12.1. The third-order valence-corrected chi connectivity index (χ3v) is 5.44. The molecule has 1 N–H and O–H groups in total. The number of amides is 1. The molecule has 29 heavy (non-hydrogen) atoms. The van der Waals surface area contributed by atoms with Crippen molar-refractivity contribution in [2.24, 2.45) is 0 Å². The van der Waals surface area contributed by atoms with Gasteiger partial charge in [0.1, 0.15) is 11.3 Å². The number of benzene rings is 1. The van der Waals surface area contributed by atoms with Gasteiger partial charge in [-0.1, -0.05) is 35.2 Å². The van der Waals surface area contributed by atoms with Gasteiger partial charge in [-0.25, -0.2) is 0 Å². The van der Waals surface area contributed by atoms with E-state index in [1.54, 1.807) is 11.6 Å². The van der Waals surface area contributed by atoms with Crippen molar-refractivity contribution >= 4 is 34.1 Å². The van der Waals surface area contributed by atoms with Crippen LogP contribution in [-0.4, -0.2) is 36.6 Å². The van der Waals surface area contributed by atoms with Crippen molar-refractivity contribution in [1.82, 2.24) is 25.0 Å². The van der Waals surface area contributed by atoms with Crippen LogP contribution in [0.1, 0.15) is 30.0 Å². The number of anilines is 1. The highest BCUT2D eigenvalue weighted by molar-refractivity contribution is 7.99. The molecule has 0 saturated carbocycles. The Labute approximate surface area is 177 Å². The minimum absolute atomic E-state index is 0.180. The van der Waals surface area contributed by atoms with Crippen LogP contribution in [0.2, 0.25) is 0 Å². The SMILES string of the molecule is C=CCn1c(SCC(=O)Nc2nncs2)nnc1C(C)Oc1cc(C)cc(C)c1. The molecule has 3 rings (SSSR count). The number of hydrogen-bond donors (Lipinski definition) is 1. The van der Waals surface area contributed by atoms with Crippen LogP contribution >= 0.6 is 23.1 Å². The number of carbonyl (C=O) groups excluding carboxylic acids is 1. The third-order valence-electron chi connectivity index (χ3n) is 3.87. The second-order valence-corrected chi connectivity index (χ2v) is 8.18. The summed E-state index contributed by atoms with van der Waals surface area (Å²) in [5.74, 6) is 1.46. The second kappa shape index (κ2) is 9.66. The van der Waals surface area contributed by atoms with E-state index < -0.39 is 0 Å². The van der Waals surface area contributed by atoms with Crippen molar-refractivity contribution in [2.75, 3.05) is 11.1 Å². The van der Waals surface area contributed by atoms with Crippen LogP contribution in [0.25, 0.3) is 0 Å². The summed E-state index contributed by atoms with van der Waals surface area (Å²) in [5, 5.41) is 19.8. The van der Waals surface area contributed by atoms with E-state index in [2.05, 4.69) is 38.4 Å². The first-order valence-corrected chi connectivity index (χ1v) is 10.8. The van der Waals surface area contributed by atoms with E-state index in [1.165, 1.54) is 23.1 Å². The zero-order valence-electron chi connectivity index (χ0n) is 16.5. The van der Waals surface area contributed by atoms with Gasteiger partial charge in [-0.05, 0) is 44.0 Å². The summed E-state index contributed by atoms with van der Waals surface area (Å²) in [4.78, 5) is 12.1. The summed E-state index contributed by atoms with van der Waals surface area (Å²) in [7, 11) is 0. The van der Waals surface area contributed by atoms with Crippen molar-refractivity contribution in [3.8, 4) is 5.75 Å². The summed E-state index contributed by atoms with van der Waals surface area (Å²) in [6.45, 7) is 10.3. The van der Waals surface area contributed by atoms with Crippen molar-refractivity contribution in [2.45, 2.75) is 38.6 Å². The largest absolute Gasteiger partial charge is 0.483 e. The molecule has 0 fully saturated rings. The fourth-order valence-corrected chi connectivity index (χ4v) is 3.99. The Morgan fingerprint density at radius 3 is 2.72 bits per heavy atom. The van der Waals surface area contributed by atoms with Gasteiger partial charge in [0.15, 0.2) is 17.1 Å².